The first kappa shape index (κ1) is 11.6. The Morgan fingerprint density at radius 2 is 1.93 bits per heavy atom. The van der Waals surface area contributed by atoms with Gasteiger partial charge in [0.1, 0.15) is 0 Å². The molecule has 0 radical (unpaired) electrons. The van der Waals surface area contributed by atoms with Crippen LogP contribution in [0.4, 0.5) is 4.79 Å². The highest BCUT2D eigenvalue weighted by atomic mass is 32.2. The number of nitrogens with one attached hydrogen (secondary N) is 1. The molecule has 0 saturated heterocycles. The normalized spacial score (nSPS) is 11.8. The summed E-state index contributed by atoms with van der Waals surface area (Å²) in [6.45, 7) is 1.72. The van der Waals surface area contributed by atoms with Gasteiger partial charge < -0.3 is 5.73 Å². The van der Waals surface area contributed by atoms with Gasteiger partial charge in [0, 0.05) is 4.90 Å². The maximum atomic E-state index is 11.3. The van der Waals surface area contributed by atoms with Crippen LogP contribution in [0.1, 0.15) is 6.92 Å². The molecule has 1 atom stereocenters. The van der Waals surface area contributed by atoms with Gasteiger partial charge in [0.2, 0.25) is 5.91 Å². The molecule has 5 heteroatoms. The Balaban J connectivity index is 2.52. The number of hydrogen-bond donors (Lipinski definition) is 2. The van der Waals surface area contributed by atoms with E-state index < -0.39 is 6.03 Å². The molecule has 1 aromatic carbocycles. The molecule has 3 N–H and O–H groups in total. The van der Waals surface area contributed by atoms with Crippen LogP contribution >= 0.6 is 11.8 Å². The SMILES string of the molecule is C[C@H](Sc1ccccc1)C(=O)NC(N)=O. The summed E-state index contributed by atoms with van der Waals surface area (Å²) < 4.78 is 0. The maximum absolute atomic E-state index is 11.3. The lowest BCUT2D eigenvalue weighted by Crippen LogP contribution is -2.39. The number of nitrogens with two attached hydrogens (primary N) is 1. The third-order valence-corrected chi connectivity index (χ3v) is 2.78. The molecule has 1 rings (SSSR count). The van der Waals surface area contributed by atoms with Crippen LogP contribution in [0.3, 0.4) is 0 Å². The van der Waals surface area contributed by atoms with Gasteiger partial charge in [-0.25, -0.2) is 4.79 Å². The van der Waals surface area contributed by atoms with E-state index in [1.165, 1.54) is 11.8 Å². The number of amides is 3. The molecule has 0 fully saturated rings. The number of thioether (sulfide) groups is 1. The summed E-state index contributed by atoms with van der Waals surface area (Å²) in [7, 11) is 0. The van der Waals surface area contributed by atoms with Crippen molar-refractivity contribution in [1.82, 2.24) is 5.32 Å². The fraction of sp³-hybridized carbons (Fsp3) is 0.200. The highest BCUT2D eigenvalue weighted by molar-refractivity contribution is 8.00. The number of rotatable bonds is 3. The molecule has 0 bridgehead atoms. The molecule has 0 aliphatic carbocycles. The lowest BCUT2D eigenvalue weighted by atomic mass is 10.4. The number of imide groups is 1. The van der Waals surface area contributed by atoms with E-state index in [0.717, 1.165) is 4.90 Å². The summed E-state index contributed by atoms with van der Waals surface area (Å²) >= 11 is 1.37. The van der Waals surface area contributed by atoms with Crippen molar-refractivity contribution in [2.75, 3.05) is 0 Å². The summed E-state index contributed by atoms with van der Waals surface area (Å²) in [4.78, 5) is 22.7. The maximum Gasteiger partial charge on any atom is 0.318 e. The van der Waals surface area contributed by atoms with Crippen LogP contribution in [0.25, 0.3) is 0 Å². The average Bonchev–Trinajstić information content (AvgIpc) is 2.18. The standard InChI is InChI=1S/C10H12N2O2S/c1-7(9(13)12-10(11)14)15-8-5-3-2-4-6-8/h2-7H,1H3,(H3,11,12,13,14)/t7-/m0/s1. The van der Waals surface area contributed by atoms with Crippen molar-refractivity contribution in [3.05, 3.63) is 30.3 Å². The number of benzene rings is 1. The van der Waals surface area contributed by atoms with E-state index >= 15 is 0 Å². The fourth-order valence-corrected chi connectivity index (χ4v) is 1.87. The van der Waals surface area contributed by atoms with Gasteiger partial charge in [-0.3, -0.25) is 10.1 Å². The molecule has 4 nitrogen and oxygen atoms in total. The van der Waals surface area contributed by atoms with E-state index in [1.54, 1.807) is 6.92 Å². The smallest absolute Gasteiger partial charge is 0.318 e. The zero-order valence-corrected chi connectivity index (χ0v) is 9.08. The molecule has 3 amide bonds. The summed E-state index contributed by atoms with van der Waals surface area (Å²) in [6.07, 6.45) is 0. The molecule has 0 aromatic heterocycles. The molecular weight excluding hydrogens is 212 g/mol. The van der Waals surface area contributed by atoms with Crippen LogP contribution in [-0.2, 0) is 4.79 Å². The van der Waals surface area contributed by atoms with Gasteiger partial charge in [-0.05, 0) is 19.1 Å². The molecule has 0 unspecified atom stereocenters. The number of primary amides is 1. The van der Waals surface area contributed by atoms with Crippen LogP contribution < -0.4 is 11.1 Å². The van der Waals surface area contributed by atoms with Crippen LogP contribution in [0.5, 0.6) is 0 Å². The lowest BCUT2D eigenvalue weighted by molar-refractivity contribution is -0.119. The monoisotopic (exact) mass is 224 g/mol. The number of hydrogen-bond acceptors (Lipinski definition) is 3. The Kier molecular flexibility index (Phi) is 4.17. The first-order valence-electron chi connectivity index (χ1n) is 4.41. The minimum Gasteiger partial charge on any atom is -0.351 e. The van der Waals surface area contributed by atoms with E-state index in [2.05, 4.69) is 0 Å². The van der Waals surface area contributed by atoms with Gasteiger partial charge in [-0.1, -0.05) is 18.2 Å². The summed E-state index contributed by atoms with van der Waals surface area (Å²) in [5, 5.41) is 1.69. The summed E-state index contributed by atoms with van der Waals surface area (Å²) in [5.74, 6) is -0.378. The second kappa shape index (κ2) is 5.41. The predicted octanol–water partition coefficient (Wildman–Crippen LogP) is 1.36. The van der Waals surface area contributed by atoms with E-state index in [0.29, 0.717) is 0 Å². The first-order chi connectivity index (χ1) is 7.09. The zero-order chi connectivity index (χ0) is 11.3. The number of carbonyl (C=O) groups excluding carboxylic acids is 2. The van der Waals surface area contributed by atoms with E-state index in [1.807, 2.05) is 35.6 Å². The van der Waals surface area contributed by atoms with Crippen LogP contribution in [-0.4, -0.2) is 17.2 Å². The van der Waals surface area contributed by atoms with Gasteiger partial charge in [0.25, 0.3) is 0 Å². The van der Waals surface area contributed by atoms with Crippen LogP contribution in [0, 0.1) is 0 Å². The van der Waals surface area contributed by atoms with Gasteiger partial charge >= 0.3 is 6.03 Å². The molecule has 80 valence electrons. The zero-order valence-electron chi connectivity index (χ0n) is 8.27. The van der Waals surface area contributed by atoms with Gasteiger partial charge in [-0.15, -0.1) is 11.8 Å². The van der Waals surface area contributed by atoms with Crippen molar-refractivity contribution < 1.29 is 9.59 Å². The highest BCUT2D eigenvalue weighted by Crippen LogP contribution is 2.22. The Morgan fingerprint density at radius 3 is 2.47 bits per heavy atom. The first-order valence-corrected chi connectivity index (χ1v) is 5.29. The molecule has 0 saturated carbocycles. The van der Waals surface area contributed by atoms with Crippen molar-refractivity contribution in [3.63, 3.8) is 0 Å². The molecule has 0 heterocycles. The Morgan fingerprint density at radius 1 is 1.33 bits per heavy atom. The molecule has 1 aromatic rings. The van der Waals surface area contributed by atoms with Crippen molar-refractivity contribution >= 4 is 23.7 Å². The van der Waals surface area contributed by atoms with E-state index in [9.17, 15) is 9.59 Å². The van der Waals surface area contributed by atoms with Crippen molar-refractivity contribution in [2.45, 2.75) is 17.1 Å². The van der Waals surface area contributed by atoms with E-state index in [4.69, 9.17) is 5.73 Å². The molecule has 15 heavy (non-hydrogen) atoms. The Bertz CT molecular complexity index is 354. The predicted molar refractivity (Wildman–Crippen MR) is 59.5 cm³/mol. The summed E-state index contributed by atoms with van der Waals surface area (Å²) in [5.41, 5.74) is 4.84. The molecule has 0 aliphatic rings. The Hall–Kier alpha value is -1.49. The molecule has 0 spiro atoms. The van der Waals surface area contributed by atoms with Gasteiger partial charge in [0.05, 0.1) is 5.25 Å². The highest BCUT2D eigenvalue weighted by Gasteiger charge is 2.15. The van der Waals surface area contributed by atoms with Gasteiger partial charge in [0.15, 0.2) is 0 Å². The Labute approximate surface area is 92.2 Å². The summed E-state index contributed by atoms with van der Waals surface area (Å²) in [6, 6.07) is 8.66. The minimum absolute atomic E-state index is 0.347. The quantitative estimate of drug-likeness (QED) is 0.761. The average molecular weight is 224 g/mol. The van der Waals surface area contributed by atoms with Crippen molar-refractivity contribution in [1.29, 1.82) is 0 Å². The third-order valence-electron chi connectivity index (χ3n) is 1.67. The second-order valence-electron chi connectivity index (χ2n) is 2.93. The number of carbonyl (C=O) groups is 2. The number of urea groups is 1. The largest absolute Gasteiger partial charge is 0.351 e. The minimum atomic E-state index is -0.819. The third kappa shape index (κ3) is 4.03. The lowest BCUT2D eigenvalue weighted by Gasteiger charge is -2.09. The van der Waals surface area contributed by atoms with Crippen molar-refractivity contribution in [2.24, 2.45) is 5.73 Å². The topological polar surface area (TPSA) is 72.2 Å². The van der Waals surface area contributed by atoms with Crippen LogP contribution in [0.15, 0.2) is 35.2 Å². The van der Waals surface area contributed by atoms with Crippen LogP contribution in [0.2, 0.25) is 0 Å². The van der Waals surface area contributed by atoms with Gasteiger partial charge in [-0.2, -0.15) is 0 Å². The fourth-order valence-electron chi connectivity index (χ4n) is 0.980. The second-order valence-corrected chi connectivity index (χ2v) is 4.34. The molecule has 0 aliphatic heterocycles. The molecular formula is C10H12N2O2S. The van der Waals surface area contributed by atoms with E-state index in [-0.39, 0.29) is 11.2 Å². The van der Waals surface area contributed by atoms with Crippen molar-refractivity contribution in [3.8, 4) is 0 Å².